The third-order valence-corrected chi connectivity index (χ3v) is 4.22. The van der Waals surface area contributed by atoms with Gasteiger partial charge in [-0.15, -0.1) is 0 Å². The Morgan fingerprint density at radius 3 is 2.56 bits per heavy atom. The molecule has 2 unspecified atom stereocenters. The second-order valence-electron chi connectivity index (χ2n) is 6.36. The number of benzene rings is 1. The fourth-order valence-corrected chi connectivity index (χ4v) is 2.66. The molecule has 0 heterocycles. The van der Waals surface area contributed by atoms with Crippen LogP contribution in [0.5, 0.6) is 11.5 Å². The normalized spacial score (nSPS) is 13.1. The van der Waals surface area contributed by atoms with Crippen LogP contribution in [0.25, 0.3) is 0 Å². The van der Waals surface area contributed by atoms with Gasteiger partial charge in [0.2, 0.25) is 0 Å². The van der Waals surface area contributed by atoms with E-state index in [1.54, 1.807) is 14.2 Å². The Hall–Kier alpha value is -1.87. The molecule has 0 aliphatic heterocycles. The van der Waals surface area contributed by atoms with Gasteiger partial charge >= 0.3 is 5.97 Å². The molecular formula is C19H32N2O6. The third-order valence-electron chi connectivity index (χ3n) is 4.22. The lowest BCUT2D eigenvalue weighted by atomic mass is 10.0. The number of methoxy groups -OCH3 is 2. The van der Waals surface area contributed by atoms with E-state index in [1.807, 2.05) is 18.2 Å². The first-order chi connectivity index (χ1) is 13.0. The Morgan fingerprint density at radius 2 is 1.89 bits per heavy atom. The van der Waals surface area contributed by atoms with Crippen LogP contribution >= 0.6 is 0 Å². The summed E-state index contributed by atoms with van der Waals surface area (Å²) in [4.78, 5) is 15.0. The van der Waals surface area contributed by atoms with Crippen LogP contribution in [0, 0.1) is 0 Å². The number of aliphatic hydroxyl groups excluding tert-OH is 1. The summed E-state index contributed by atoms with van der Waals surface area (Å²) in [6, 6.07) is 5.79. The summed E-state index contributed by atoms with van der Waals surface area (Å²) in [7, 11) is 3.28. The van der Waals surface area contributed by atoms with E-state index in [1.165, 1.54) is 0 Å². The molecule has 0 aliphatic rings. The number of hydrogen-bond acceptors (Lipinski definition) is 8. The second-order valence-corrected chi connectivity index (χ2v) is 6.36. The number of carbonyl (C=O) groups is 1. The van der Waals surface area contributed by atoms with Gasteiger partial charge in [-0.25, -0.2) is 4.79 Å². The lowest BCUT2D eigenvalue weighted by Crippen LogP contribution is -2.29. The molecule has 8 heteroatoms. The lowest BCUT2D eigenvalue weighted by molar-refractivity contribution is -0.154. The van der Waals surface area contributed by atoms with Gasteiger partial charge in [-0.1, -0.05) is 6.07 Å². The average Bonchev–Trinajstić information content (AvgIpc) is 2.68. The van der Waals surface area contributed by atoms with Crippen LogP contribution in [-0.4, -0.2) is 50.7 Å². The molecule has 8 nitrogen and oxygen atoms in total. The monoisotopic (exact) mass is 384 g/mol. The summed E-state index contributed by atoms with van der Waals surface area (Å²) in [5, 5.41) is 9.51. The van der Waals surface area contributed by atoms with Gasteiger partial charge in [-0.2, -0.15) is 5.90 Å². The molecular weight excluding hydrogens is 352 g/mol. The first-order valence-electron chi connectivity index (χ1n) is 9.14. The summed E-state index contributed by atoms with van der Waals surface area (Å²) in [5.74, 6) is 5.32. The number of carbonyl (C=O) groups excluding carboxylic acids is 1. The van der Waals surface area contributed by atoms with Gasteiger partial charge in [0.15, 0.2) is 17.6 Å². The molecule has 0 aromatic heterocycles. The molecule has 0 amide bonds. The molecule has 0 spiro atoms. The van der Waals surface area contributed by atoms with E-state index < -0.39 is 12.1 Å². The largest absolute Gasteiger partial charge is 0.493 e. The van der Waals surface area contributed by atoms with Crippen molar-refractivity contribution in [2.24, 2.45) is 11.6 Å². The van der Waals surface area contributed by atoms with E-state index in [2.05, 4.69) is 4.84 Å². The maximum Gasteiger partial charge on any atom is 0.353 e. The molecule has 0 saturated carbocycles. The zero-order valence-corrected chi connectivity index (χ0v) is 16.2. The topological polar surface area (TPSA) is 126 Å². The number of ether oxygens (including phenoxy) is 3. The number of nitrogens with two attached hydrogens (primary N) is 2. The Balaban J connectivity index is 2.41. The SMILES string of the molecule is COCCCOc1cc(CCCC(N)CCC(O)C(=O)ON)ccc1OC. The predicted molar refractivity (Wildman–Crippen MR) is 101 cm³/mol. The summed E-state index contributed by atoms with van der Waals surface area (Å²) < 4.78 is 16.1. The standard InChI is InChI=1S/C19H32N2O6/c1-24-11-4-12-26-18-13-14(7-10-17(18)25-2)5-3-6-15(20)8-9-16(22)19(23)27-21/h7,10,13,15-16,22H,3-6,8-9,11-12,20-21H2,1-2H3. The fraction of sp³-hybridized carbons (Fsp3) is 0.632. The van der Waals surface area contributed by atoms with Crippen molar-refractivity contribution >= 4 is 5.97 Å². The van der Waals surface area contributed by atoms with Gasteiger partial charge in [-0.05, 0) is 49.8 Å². The van der Waals surface area contributed by atoms with Gasteiger partial charge in [-0.3, -0.25) is 0 Å². The highest BCUT2D eigenvalue weighted by Crippen LogP contribution is 2.29. The summed E-state index contributed by atoms with van der Waals surface area (Å²) in [6.07, 6.45) is 2.85. The molecule has 1 aromatic rings. The van der Waals surface area contributed by atoms with Crippen molar-refractivity contribution in [3.63, 3.8) is 0 Å². The maximum atomic E-state index is 11.1. The highest BCUT2D eigenvalue weighted by Gasteiger charge is 2.17. The van der Waals surface area contributed by atoms with E-state index in [0.717, 1.165) is 37.0 Å². The van der Waals surface area contributed by atoms with E-state index in [-0.39, 0.29) is 12.5 Å². The van der Waals surface area contributed by atoms with Crippen LogP contribution in [0.3, 0.4) is 0 Å². The first kappa shape index (κ1) is 23.2. The van der Waals surface area contributed by atoms with Crippen LogP contribution < -0.4 is 21.1 Å². The average molecular weight is 384 g/mol. The van der Waals surface area contributed by atoms with Gasteiger partial charge in [0, 0.05) is 26.2 Å². The minimum Gasteiger partial charge on any atom is -0.493 e. The summed E-state index contributed by atoms with van der Waals surface area (Å²) in [6.45, 7) is 1.21. The number of aliphatic hydroxyl groups is 1. The van der Waals surface area contributed by atoms with Crippen molar-refractivity contribution in [1.82, 2.24) is 0 Å². The molecule has 0 bridgehead atoms. The molecule has 27 heavy (non-hydrogen) atoms. The van der Waals surface area contributed by atoms with E-state index in [9.17, 15) is 9.90 Å². The first-order valence-corrected chi connectivity index (χ1v) is 9.14. The van der Waals surface area contributed by atoms with E-state index in [4.69, 9.17) is 25.8 Å². The third kappa shape index (κ3) is 9.05. The van der Waals surface area contributed by atoms with Crippen molar-refractivity contribution in [2.45, 2.75) is 50.7 Å². The van der Waals surface area contributed by atoms with Crippen molar-refractivity contribution in [3.8, 4) is 11.5 Å². The molecule has 0 aliphatic carbocycles. The smallest absolute Gasteiger partial charge is 0.353 e. The van der Waals surface area contributed by atoms with E-state index in [0.29, 0.717) is 25.4 Å². The van der Waals surface area contributed by atoms with Crippen LogP contribution in [0.4, 0.5) is 0 Å². The van der Waals surface area contributed by atoms with Gasteiger partial charge in [0.1, 0.15) is 0 Å². The number of aryl methyl sites for hydroxylation is 1. The van der Waals surface area contributed by atoms with Gasteiger partial charge in [0.25, 0.3) is 0 Å². The Bertz CT molecular complexity index is 555. The van der Waals surface area contributed by atoms with Crippen molar-refractivity contribution in [3.05, 3.63) is 23.8 Å². The van der Waals surface area contributed by atoms with Crippen molar-refractivity contribution in [1.29, 1.82) is 0 Å². The number of rotatable bonds is 14. The van der Waals surface area contributed by atoms with Gasteiger partial charge in [0.05, 0.1) is 13.7 Å². The maximum absolute atomic E-state index is 11.1. The molecule has 1 rings (SSSR count). The Kier molecular flexibility index (Phi) is 11.4. The van der Waals surface area contributed by atoms with E-state index >= 15 is 0 Å². The van der Waals surface area contributed by atoms with Crippen LogP contribution in [-0.2, 0) is 20.8 Å². The van der Waals surface area contributed by atoms with Gasteiger partial charge < -0.3 is 29.9 Å². The number of hydrogen-bond donors (Lipinski definition) is 3. The molecule has 0 saturated heterocycles. The predicted octanol–water partition coefficient (Wildman–Crippen LogP) is 1.32. The lowest BCUT2D eigenvalue weighted by Gasteiger charge is -2.14. The minimum absolute atomic E-state index is 0.103. The molecule has 154 valence electrons. The molecule has 0 radical (unpaired) electrons. The molecule has 2 atom stereocenters. The van der Waals surface area contributed by atoms with Crippen molar-refractivity contribution < 1.29 is 28.9 Å². The van der Waals surface area contributed by atoms with Crippen LogP contribution in [0.15, 0.2) is 18.2 Å². The van der Waals surface area contributed by atoms with Crippen LogP contribution in [0.1, 0.15) is 37.7 Å². The zero-order valence-electron chi connectivity index (χ0n) is 16.2. The molecule has 1 aromatic carbocycles. The zero-order chi connectivity index (χ0) is 20.1. The van der Waals surface area contributed by atoms with Crippen molar-refractivity contribution in [2.75, 3.05) is 27.4 Å². The highest BCUT2D eigenvalue weighted by atomic mass is 16.7. The Labute approximate surface area is 160 Å². The fourth-order valence-electron chi connectivity index (χ4n) is 2.66. The molecule has 5 N–H and O–H groups in total. The quantitative estimate of drug-likeness (QED) is 0.324. The Morgan fingerprint density at radius 1 is 1.11 bits per heavy atom. The minimum atomic E-state index is -1.22. The summed E-state index contributed by atoms with van der Waals surface area (Å²) in [5.41, 5.74) is 7.18. The second kappa shape index (κ2) is 13.3. The molecule has 0 fully saturated rings. The summed E-state index contributed by atoms with van der Waals surface area (Å²) >= 11 is 0. The highest BCUT2D eigenvalue weighted by molar-refractivity contribution is 5.73. The van der Waals surface area contributed by atoms with Crippen LogP contribution in [0.2, 0.25) is 0 Å².